The lowest BCUT2D eigenvalue weighted by atomic mass is 9.70. The van der Waals surface area contributed by atoms with Crippen LogP contribution in [0.3, 0.4) is 0 Å². The maximum atomic E-state index is 12.3. The summed E-state index contributed by atoms with van der Waals surface area (Å²) >= 11 is 0. The number of ether oxygens (including phenoxy) is 1. The van der Waals surface area contributed by atoms with E-state index >= 15 is 0 Å². The second-order valence-electron chi connectivity index (χ2n) is 5.56. The van der Waals surface area contributed by atoms with Gasteiger partial charge in [-0.2, -0.15) is 0 Å². The number of ketones is 1. The highest BCUT2D eigenvalue weighted by atomic mass is 16.5. The van der Waals surface area contributed by atoms with Crippen LogP contribution in [0.4, 0.5) is 0 Å². The third-order valence-corrected chi connectivity index (χ3v) is 4.49. The van der Waals surface area contributed by atoms with E-state index in [1.165, 1.54) is 25.7 Å². The number of allylic oxidation sites excluding steroid dienone is 2. The summed E-state index contributed by atoms with van der Waals surface area (Å²) in [4.78, 5) is 12.3. The number of carbonyl (C=O) groups is 1. The minimum atomic E-state index is 0.109. The van der Waals surface area contributed by atoms with Crippen LogP contribution in [-0.2, 0) is 9.53 Å². The normalized spacial score (nSPS) is 32.2. The van der Waals surface area contributed by atoms with Gasteiger partial charge in [-0.1, -0.05) is 6.08 Å². The van der Waals surface area contributed by atoms with E-state index in [0.717, 1.165) is 37.9 Å². The number of hydrogen-bond donors (Lipinski definition) is 0. The van der Waals surface area contributed by atoms with E-state index < -0.39 is 0 Å². The summed E-state index contributed by atoms with van der Waals surface area (Å²) < 4.78 is 5.87. The number of Topliss-reactive ketones (excluding diaryl/α,β-unsaturated/α-hetero) is 1. The molecule has 1 spiro atoms. The summed E-state index contributed by atoms with van der Waals surface area (Å²) in [6.07, 6.45) is 11.0. The minimum absolute atomic E-state index is 0.109. The van der Waals surface area contributed by atoms with Crippen LogP contribution in [0.5, 0.6) is 0 Å². The first-order valence-electron chi connectivity index (χ1n) is 6.66. The number of rotatable bonds is 2. The summed E-state index contributed by atoms with van der Waals surface area (Å²) in [6, 6.07) is 0. The summed E-state index contributed by atoms with van der Waals surface area (Å²) in [7, 11) is 0. The first-order valence-corrected chi connectivity index (χ1v) is 6.66. The number of carbonyl (C=O) groups excluding carboxylic acids is 1. The molecule has 2 aliphatic carbocycles. The molecule has 1 saturated carbocycles. The molecule has 2 nitrogen and oxygen atoms in total. The van der Waals surface area contributed by atoms with Crippen LogP contribution in [0.15, 0.2) is 11.6 Å². The first-order chi connectivity index (χ1) is 7.79. The van der Waals surface area contributed by atoms with Crippen molar-refractivity contribution >= 4 is 5.78 Å². The Labute approximate surface area is 97.1 Å². The van der Waals surface area contributed by atoms with E-state index in [-0.39, 0.29) is 11.5 Å². The van der Waals surface area contributed by atoms with Crippen molar-refractivity contribution in [3.63, 3.8) is 0 Å². The van der Waals surface area contributed by atoms with Crippen LogP contribution in [0, 0.1) is 5.92 Å². The van der Waals surface area contributed by atoms with E-state index in [4.69, 9.17) is 4.74 Å². The molecule has 1 saturated heterocycles. The molecule has 0 aromatic carbocycles. The number of hydrogen-bond acceptors (Lipinski definition) is 2. The molecule has 2 fully saturated rings. The van der Waals surface area contributed by atoms with Gasteiger partial charge in [0.1, 0.15) is 0 Å². The lowest BCUT2D eigenvalue weighted by Gasteiger charge is -2.46. The van der Waals surface area contributed by atoms with Gasteiger partial charge in [-0.05, 0) is 56.9 Å². The van der Waals surface area contributed by atoms with Crippen molar-refractivity contribution in [2.75, 3.05) is 6.61 Å². The van der Waals surface area contributed by atoms with Crippen molar-refractivity contribution in [1.82, 2.24) is 0 Å². The fourth-order valence-electron chi connectivity index (χ4n) is 3.33. The Morgan fingerprint density at radius 2 is 2.25 bits per heavy atom. The monoisotopic (exact) mass is 220 g/mol. The highest BCUT2D eigenvalue weighted by Gasteiger charge is 2.44. The van der Waals surface area contributed by atoms with Crippen molar-refractivity contribution in [3.8, 4) is 0 Å². The lowest BCUT2D eigenvalue weighted by Crippen LogP contribution is -2.47. The van der Waals surface area contributed by atoms with Gasteiger partial charge in [0.25, 0.3) is 0 Å². The van der Waals surface area contributed by atoms with E-state index in [1.54, 1.807) is 0 Å². The molecule has 0 aromatic rings. The van der Waals surface area contributed by atoms with E-state index in [0.29, 0.717) is 5.78 Å². The molecule has 3 rings (SSSR count). The van der Waals surface area contributed by atoms with Gasteiger partial charge in [0, 0.05) is 12.5 Å². The van der Waals surface area contributed by atoms with Gasteiger partial charge in [0.2, 0.25) is 0 Å². The summed E-state index contributed by atoms with van der Waals surface area (Å²) in [5.41, 5.74) is 1.22. The lowest BCUT2D eigenvalue weighted by molar-refractivity contribution is -0.153. The highest BCUT2D eigenvalue weighted by Crippen LogP contribution is 2.45. The second kappa shape index (κ2) is 3.99. The topological polar surface area (TPSA) is 26.3 Å². The van der Waals surface area contributed by atoms with Gasteiger partial charge in [-0.15, -0.1) is 0 Å². The highest BCUT2D eigenvalue weighted by molar-refractivity contribution is 5.97. The SMILES string of the molecule is O=C(C1=CCCC1)C1CCOC2(CCC2)C1. The Morgan fingerprint density at radius 1 is 1.38 bits per heavy atom. The zero-order valence-electron chi connectivity index (χ0n) is 9.84. The van der Waals surface area contributed by atoms with E-state index in [9.17, 15) is 4.79 Å². The van der Waals surface area contributed by atoms with Gasteiger partial charge in [0.05, 0.1) is 5.60 Å². The van der Waals surface area contributed by atoms with Gasteiger partial charge < -0.3 is 4.74 Å². The van der Waals surface area contributed by atoms with Crippen LogP contribution in [0.25, 0.3) is 0 Å². The molecule has 0 aromatic heterocycles. The molecular formula is C14H20O2. The average Bonchev–Trinajstić information content (AvgIpc) is 2.79. The average molecular weight is 220 g/mol. The maximum Gasteiger partial charge on any atom is 0.161 e. The van der Waals surface area contributed by atoms with Crippen molar-refractivity contribution in [1.29, 1.82) is 0 Å². The maximum absolute atomic E-state index is 12.3. The Hall–Kier alpha value is -0.630. The molecule has 2 heteroatoms. The molecular weight excluding hydrogens is 200 g/mol. The third-order valence-electron chi connectivity index (χ3n) is 4.49. The molecule has 1 heterocycles. The van der Waals surface area contributed by atoms with Crippen LogP contribution >= 0.6 is 0 Å². The zero-order valence-corrected chi connectivity index (χ0v) is 9.84. The first kappa shape index (κ1) is 10.5. The van der Waals surface area contributed by atoms with Gasteiger partial charge >= 0.3 is 0 Å². The van der Waals surface area contributed by atoms with Gasteiger partial charge in [-0.25, -0.2) is 0 Å². The summed E-state index contributed by atoms with van der Waals surface area (Å²) in [5.74, 6) is 0.700. The van der Waals surface area contributed by atoms with E-state index in [1.807, 2.05) is 0 Å². The van der Waals surface area contributed by atoms with Crippen molar-refractivity contribution < 1.29 is 9.53 Å². The van der Waals surface area contributed by atoms with Crippen molar-refractivity contribution in [3.05, 3.63) is 11.6 Å². The Kier molecular flexibility index (Phi) is 2.62. The van der Waals surface area contributed by atoms with Crippen LogP contribution < -0.4 is 0 Å². The predicted octanol–water partition coefficient (Wildman–Crippen LogP) is 3.02. The molecule has 88 valence electrons. The second-order valence-corrected chi connectivity index (χ2v) is 5.56. The summed E-state index contributed by atoms with van der Waals surface area (Å²) in [6.45, 7) is 0.795. The van der Waals surface area contributed by atoms with Gasteiger partial charge in [0.15, 0.2) is 5.78 Å². The largest absolute Gasteiger partial charge is 0.375 e. The van der Waals surface area contributed by atoms with Crippen LogP contribution in [-0.4, -0.2) is 18.0 Å². The molecule has 1 aliphatic heterocycles. The Balaban J connectivity index is 1.67. The molecule has 0 amide bonds. The smallest absolute Gasteiger partial charge is 0.161 e. The molecule has 16 heavy (non-hydrogen) atoms. The van der Waals surface area contributed by atoms with E-state index in [2.05, 4.69) is 6.08 Å². The van der Waals surface area contributed by atoms with Crippen molar-refractivity contribution in [2.24, 2.45) is 5.92 Å². The Bertz CT molecular complexity index is 326. The minimum Gasteiger partial charge on any atom is -0.375 e. The fraction of sp³-hybridized carbons (Fsp3) is 0.786. The third kappa shape index (κ3) is 1.73. The Morgan fingerprint density at radius 3 is 2.88 bits per heavy atom. The quantitative estimate of drug-likeness (QED) is 0.715. The van der Waals surface area contributed by atoms with Crippen LogP contribution in [0.2, 0.25) is 0 Å². The molecule has 1 unspecified atom stereocenters. The van der Waals surface area contributed by atoms with Crippen molar-refractivity contribution in [2.45, 2.75) is 57.0 Å². The zero-order chi connectivity index (χ0) is 11.0. The summed E-state index contributed by atoms with van der Waals surface area (Å²) in [5, 5.41) is 0. The molecule has 0 radical (unpaired) electrons. The molecule has 0 bridgehead atoms. The molecule has 0 N–H and O–H groups in total. The fourth-order valence-corrected chi connectivity index (χ4v) is 3.33. The van der Waals surface area contributed by atoms with Crippen LogP contribution in [0.1, 0.15) is 51.4 Å². The molecule has 3 aliphatic rings. The predicted molar refractivity (Wildman–Crippen MR) is 62.2 cm³/mol. The standard InChI is InChI=1S/C14H20O2/c15-13(11-4-1-2-5-11)12-6-9-16-14(10-12)7-3-8-14/h4,12H,1-3,5-10H2. The molecule has 1 atom stereocenters. The van der Waals surface area contributed by atoms with Gasteiger partial charge in [-0.3, -0.25) is 4.79 Å².